The van der Waals surface area contributed by atoms with E-state index in [1.54, 1.807) is 24.1 Å². The predicted molar refractivity (Wildman–Crippen MR) is 86.7 cm³/mol. The number of carbonyl (C=O) groups excluding carboxylic acids is 1. The largest absolute Gasteiger partial charge is 0.388 e. The first kappa shape index (κ1) is 16.2. The predicted octanol–water partition coefficient (Wildman–Crippen LogP) is 2.89. The standard InChI is InChI=1S/C18H22N2O2/c1-13-11-16(12-14(2)19-13)18(22)20(3)10-9-17(21)15-7-5-4-6-8-15/h4-8,11-12,17,21H,9-10H2,1-3H3/t17-/m1/s1. The minimum absolute atomic E-state index is 0.0474. The summed E-state index contributed by atoms with van der Waals surface area (Å²) in [6, 6.07) is 13.1. The summed E-state index contributed by atoms with van der Waals surface area (Å²) in [5.74, 6) is -0.0474. The van der Waals surface area contributed by atoms with Gasteiger partial charge in [0.05, 0.1) is 6.10 Å². The highest BCUT2D eigenvalue weighted by molar-refractivity contribution is 5.94. The van der Waals surface area contributed by atoms with Crippen LogP contribution in [-0.4, -0.2) is 34.5 Å². The lowest BCUT2D eigenvalue weighted by atomic mass is 10.1. The molecule has 0 radical (unpaired) electrons. The molecule has 0 aliphatic carbocycles. The molecular weight excluding hydrogens is 276 g/mol. The second-order valence-corrected chi connectivity index (χ2v) is 5.58. The number of benzene rings is 1. The Morgan fingerprint density at radius 3 is 2.36 bits per heavy atom. The molecule has 0 fully saturated rings. The number of amides is 1. The van der Waals surface area contributed by atoms with Crippen LogP contribution >= 0.6 is 0 Å². The molecule has 0 unspecified atom stereocenters. The number of carbonyl (C=O) groups is 1. The number of nitrogens with zero attached hydrogens (tertiary/aromatic N) is 2. The highest BCUT2D eigenvalue weighted by Crippen LogP contribution is 2.17. The third-order valence-corrected chi connectivity index (χ3v) is 3.60. The minimum Gasteiger partial charge on any atom is -0.388 e. The monoisotopic (exact) mass is 298 g/mol. The normalized spacial score (nSPS) is 12.0. The van der Waals surface area contributed by atoms with Crippen LogP contribution in [0.3, 0.4) is 0 Å². The first-order chi connectivity index (χ1) is 10.5. The summed E-state index contributed by atoms with van der Waals surface area (Å²) in [7, 11) is 1.76. The Balaban J connectivity index is 1.97. The summed E-state index contributed by atoms with van der Waals surface area (Å²) in [4.78, 5) is 18.3. The molecule has 1 heterocycles. The summed E-state index contributed by atoms with van der Waals surface area (Å²) in [6.45, 7) is 4.25. The van der Waals surface area contributed by atoms with E-state index in [0.29, 0.717) is 18.5 Å². The Labute approximate surface area is 131 Å². The maximum Gasteiger partial charge on any atom is 0.253 e. The molecule has 1 aromatic heterocycles. The van der Waals surface area contributed by atoms with Gasteiger partial charge >= 0.3 is 0 Å². The van der Waals surface area contributed by atoms with Crippen molar-refractivity contribution >= 4 is 5.91 Å². The Hall–Kier alpha value is -2.20. The Morgan fingerprint density at radius 2 is 1.77 bits per heavy atom. The Bertz CT molecular complexity index is 621. The van der Waals surface area contributed by atoms with Gasteiger partial charge in [0.15, 0.2) is 0 Å². The third-order valence-electron chi connectivity index (χ3n) is 3.60. The molecule has 1 amide bonds. The molecule has 2 aromatic rings. The molecule has 0 aliphatic heterocycles. The van der Waals surface area contributed by atoms with Gasteiger partial charge in [-0.1, -0.05) is 30.3 Å². The fourth-order valence-corrected chi connectivity index (χ4v) is 2.44. The smallest absolute Gasteiger partial charge is 0.253 e. The second kappa shape index (κ2) is 7.18. The lowest BCUT2D eigenvalue weighted by Gasteiger charge is -2.20. The van der Waals surface area contributed by atoms with Crippen molar-refractivity contribution in [2.45, 2.75) is 26.4 Å². The maximum atomic E-state index is 12.4. The van der Waals surface area contributed by atoms with Crippen LogP contribution in [0.1, 0.15) is 39.8 Å². The van der Waals surface area contributed by atoms with Crippen LogP contribution in [-0.2, 0) is 0 Å². The summed E-state index contributed by atoms with van der Waals surface area (Å²) < 4.78 is 0. The number of pyridine rings is 1. The SMILES string of the molecule is Cc1cc(C(=O)N(C)CC[C@@H](O)c2ccccc2)cc(C)n1. The van der Waals surface area contributed by atoms with Crippen LogP contribution < -0.4 is 0 Å². The quantitative estimate of drug-likeness (QED) is 0.923. The molecule has 1 N–H and O–H groups in total. The van der Waals surface area contributed by atoms with Crippen molar-refractivity contribution in [1.29, 1.82) is 0 Å². The highest BCUT2D eigenvalue weighted by atomic mass is 16.3. The van der Waals surface area contributed by atoms with E-state index in [9.17, 15) is 9.90 Å². The molecule has 116 valence electrons. The van der Waals surface area contributed by atoms with E-state index in [-0.39, 0.29) is 5.91 Å². The summed E-state index contributed by atoms with van der Waals surface area (Å²) in [6.07, 6.45) is -0.0488. The van der Waals surface area contributed by atoms with Gasteiger partial charge in [0.2, 0.25) is 0 Å². The van der Waals surface area contributed by atoms with E-state index in [4.69, 9.17) is 0 Å². The van der Waals surface area contributed by atoms with Crippen LogP contribution in [0.2, 0.25) is 0 Å². The number of aryl methyl sites for hydroxylation is 2. The van der Waals surface area contributed by atoms with Gasteiger partial charge in [0.1, 0.15) is 0 Å². The van der Waals surface area contributed by atoms with Crippen molar-refractivity contribution in [3.8, 4) is 0 Å². The third kappa shape index (κ3) is 4.15. The Morgan fingerprint density at radius 1 is 1.18 bits per heavy atom. The van der Waals surface area contributed by atoms with Crippen LogP contribution in [0.15, 0.2) is 42.5 Å². The fourth-order valence-electron chi connectivity index (χ4n) is 2.44. The first-order valence-electron chi connectivity index (χ1n) is 7.41. The minimum atomic E-state index is -0.558. The number of aliphatic hydroxyl groups excluding tert-OH is 1. The number of hydrogen-bond acceptors (Lipinski definition) is 3. The molecule has 0 bridgehead atoms. The van der Waals surface area contributed by atoms with Gasteiger partial charge < -0.3 is 10.0 Å². The zero-order chi connectivity index (χ0) is 16.1. The number of hydrogen-bond donors (Lipinski definition) is 1. The van der Waals surface area contributed by atoms with Crippen molar-refractivity contribution in [2.75, 3.05) is 13.6 Å². The van der Waals surface area contributed by atoms with E-state index in [1.165, 1.54) is 0 Å². The van der Waals surface area contributed by atoms with Crippen LogP contribution in [0, 0.1) is 13.8 Å². The van der Waals surface area contributed by atoms with Gasteiger partial charge in [-0.05, 0) is 38.0 Å². The van der Waals surface area contributed by atoms with Crippen molar-refractivity contribution in [1.82, 2.24) is 9.88 Å². The maximum absolute atomic E-state index is 12.4. The lowest BCUT2D eigenvalue weighted by Crippen LogP contribution is -2.29. The molecule has 0 spiro atoms. The zero-order valence-electron chi connectivity index (χ0n) is 13.3. The van der Waals surface area contributed by atoms with Gasteiger partial charge in [0, 0.05) is 30.5 Å². The van der Waals surface area contributed by atoms with E-state index in [0.717, 1.165) is 17.0 Å². The molecule has 1 aromatic carbocycles. The molecule has 22 heavy (non-hydrogen) atoms. The van der Waals surface area contributed by atoms with E-state index in [2.05, 4.69) is 4.98 Å². The van der Waals surface area contributed by atoms with Gasteiger partial charge in [-0.25, -0.2) is 0 Å². The first-order valence-corrected chi connectivity index (χ1v) is 7.41. The van der Waals surface area contributed by atoms with E-state index in [1.807, 2.05) is 44.2 Å². The van der Waals surface area contributed by atoms with Crippen molar-refractivity contribution in [2.24, 2.45) is 0 Å². The van der Waals surface area contributed by atoms with Gasteiger partial charge in [-0.15, -0.1) is 0 Å². The summed E-state index contributed by atoms with van der Waals surface area (Å²) >= 11 is 0. The molecule has 4 heteroatoms. The van der Waals surface area contributed by atoms with E-state index < -0.39 is 6.10 Å². The Kier molecular flexibility index (Phi) is 5.28. The van der Waals surface area contributed by atoms with E-state index >= 15 is 0 Å². The zero-order valence-corrected chi connectivity index (χ0v) is 13.3. The molecule has 4 nitrogen and oxygen atoms in total. The lowest BCUT2D eigenvalue weighted by molar-refractivity contribution is 0.0761. The number of rotatable bonds is 5. The van der Waals surface area contributed by atoms with Crippen molar-refractivity contribution in [3.63, 3.8) is 0 Å². The van der Waals surface area contributed by atoms with Gasteiger partial charge in [-0.2, -0.15) is 0 Å². The second-order valence-electron chi connectivity index (χ2n) is 5.58. The molecular formula is C18H22N2O2. The molecule has 2 rings (SSSR count). The number of aliphatic hydroxyl groups is 1. The van der Waals surface area contributed by atoms with Crippen LogP contribution in [0.25, 0.3) is 0 Å². The highest BCUT2D eigenvalue weighted by Gasteiger charge is 2.15. The molecule has 0 saturated carbocycles. The fraction of sp³-hybridized carbons (Fsp3) is 0.333. The topological polar surface area (TPSA) is 53.4 Å². The van der Waals surface area contributed by atoms with Crippen LogP contribution in [0.5, 0.6) is 0 Å². The molecule has 0 saturated heterocycles. The van der Waals surface area contributed by atoms with Crippen LogP contribution in [0.4, 0.5) is 0 Å². The van der Waals surface area contributed by atoms with Gasteiger partial charge in [0.25, 0.3) is 5.91 Å². The van der Waals surface area contributed by atoms with Crippen molar-refractivity contribution < 1.29 is 9.90 Å². The number of aromatic nitrogens is 1. The average molecular weight is 298 g/mol. The molecule has 0 aliphatic rings. The summed E-state index contributed by atoms with van der Waals surface area (Å²) in [5.41, 5.74) is 3.18. The average Bonchev–Trinajstić information content (AvgIpc) is 2.51. The van der Waals surface area contributed by atoms with Crippen molar-refractivity contribution in [3.05, 3.63) is 65.0 Å². The van der Waals surface area contributed by atoms with Gasteiger partial charge in [-0.3, -0.25) is 9.78 Å². The molecule has 1 atom stereocenters. The summed E-state index contributed by atoms with van der Waals surface area (Å²) in [5, 5.41) is 10.2.